The van der Waals surface area contributed by atoms with Crippen LogP contribution in [0.2, 0.25) is 0 Å². The SMILES string of the molecule is CCCCC/C=C\C/C=C\CCCCCCCC(=O)OCCCC/C=C\CCCCCCC(=O)NC(CO)C(O)CCCCCCCCCCCC. The van der Waals surface area contributed by atoms with Crippen LogP contribution in [0, 0.1) is 0 Å². The van der Waals surface area contributed by atoms with E-state index in [4.69, 9.17) is 4.74 Å². The highest BCUT2D eigenvalue weighted by atomic mass is 16.5. The highest BCUT2D eigenvalue weighted by Crippen LogP contribution is 2.14. The van der Waals surface area contributed by atoms with Crippen molar-refractivity contribution in [3.05, 3.63) is 36.5 Å². The van der Waals surface area contributed by atoms with Crippen LogP contribution in [0.3, 0.4) is 0 Å². The van der Waals surface area contributed by atoms with Crippen molar-refractivity contribution in [2.24, 2.45) is 0 Å². The van der Waals surface area contributed by atoms with Crippen molar-refractivity contribution in [2.45, 2.75) is 231 Å². The molecule has 3 N–H and O–H groups in total. The topological polar surface area (TPSA) is 95.9 Å². The van der Waals surface area contributed by atoms with Crippen molar-refractivity contribution in [3.63, 3.8) is 0 Å². The lowest BCUT2D eigenvalue weighted by Crippen LogP contribution is -2.45. The fourth-order valence-corrected chi connectivity index (χ4v) is 6.42. The minimum absolute atomic E-state index is 0.0518. The normalized spacial score (nSPS) is 13.1. The molecule has 0 heterocycles. The molecule has 0 aliphatic heterocycles. The summed E-state index contributed by atoms with van der Waals surface area (Å²) in [6.07, 6.45) is 48.1. The molecule has 1 amide bonds. The number of unbranched alkanes of at least 4 members (excludes halogenated alkanes) is 23. The maximum Gasteiger partial charge on any atom is 0.305 e. The molecule has 0 aromatic carbocycles. The summed E-state index contributed by atoms with van der Waals surface area (Å²) in [6, 6.07) is -0.566. The van der Waals surface area contributed by atoms with Gasteiger partial charge in [0.05, 0.1) is 25.4 Å². The molecule has 6 heteroatoms. The average molecular weight is 732 g/mol. The Kier molecular flexibility index (Phi) is 40.3. The lowest BCUT2D eigenvalue weighted by atomic mass is 10.0. The fraction of sp³-hybridized carbons (Fsp3) is 0.826. The molecule has 0 aliphatic carbocycles. The second kappa shape index (κ2) is 41.8. The zero-order valence-electron chi connectivity index (χ0n) is 34.3. The largest absolute Gasteiger partial charge is 0.466 e. The van der Waals surface area contributed by atoms with E-state index < -0.39 is 12.1 Å². The molecule has 304 valence electrons. The molecule has 0 fully saturated rings. The van der Waals surface area contributed by atoms with Crippen LogP contribution >= 0.6 is 0 Å². The second-order valence-corrected chi connectivity index (χ2v) is 15.0. The number of aliphatic hydroxyl groups excluding tert-OH is 2. The highest BCUT2D eigenvalue weighted by molar-refractivity contribution is 5.76. The second-order valence-electron chi connectivity index (χ2n) is 15.0. The summed E-state index contributed by atoms with van der Waals surface area (Å²) in [4.78, 5) is 24.3. The van der Waals surface area contributed by atoms with Crippen LogP contribution in [0.25, 0.3) is 0 Å². The number of carbonyl (C=O) groups is 2. The molecule has 6 nitrogen and oxygen atoms in total. The van der Waals surface area contributed by atoms with Gasteiger partial charge in [-0.3, -0.25) is 9.59 Å². The lowest BCUT2D eigenvalue weighted by Gasteiger charge is -2.22. The van der Waals surface area contributed by atoms with Crippen LogP contribution in [0.1, 0.15) is 219 Å². The number of rotatable bonds is 40. The lowest BCUT2D eigenvalue weighted by molar-refractivity contribution is -0.143. The van der Waals surface area contributed by atoms with Gasteiger partial charge in [-0.25, -0.2) is 0 Å². The molecule has 0 bridgehead atoms. The molecule has 0 spiro atoms. The molecule has 0 aliphatic rings. The molecule has 0 rings (SSSR count). The minimum atomic E-state index is -0.685. The third-order valence-electron chi connectivity index (χ3n) is 9.91. The molecular formula is C46H85NO5. The van der Waals surface area contributed by atoms with E-state index in [9.17, 15) is 19.8 Å². The highest BCUT2D eigenvalue weighted by Gasteiger charge is 2.20. The van der Waals surface area contributed by atoms with E-state index in [1.165, 1.54) is 96.3 Å². The number of amides is 1. The molecule has 0 saturated carbocycles. The molecule has 2 unspecified atom stereocenters. The summed E-state index contributed by atoms with van der Waals surface area (Å²) in [5.74, 6) is -0.127. The van der Waals surface area contributed by atoms with Crippen molar-refractivity contribution in [1.29, 1.82) is 0 Å². The summed E-state index contributed by atoms with van der Waals surface area (Å²) in [5, 5.41) is 23.0. The van der Waals surface area contributed by atoms with Crippen molar-refractivity contribution < 1.29 is 24.5 Å². The molecule has 0 saturated heterocycles. The molecular weight excluding hydrogens is 647 g/mol. The van der Waals surface area contributed by atoms with E-state index in [0.29, 0.717) is 25.9 Å². The van der Waals surface area contributed by atoms with Crippen LogP contribution < -0.4 is 5.32 Å². The third-order valence-corrected chi connectivity index (χ3v) is 9.91. The van der Waals surface area contributed by atoms with Gasteiger partial charge < -0.3 is 20.3 Å². The Morgan fingerprint density at radius 1 is 0.538 bits per heavy atom. The first-order valence-corrected chi connectivity index (χ1v) is 22.2. The molecule has 52 heavy (non-hydrogen) atoms. The Bertz CT molecular complexity index is 854. The monoisotopic (exact) mass is 732 g/mol. The summed E-state index contributed by atoms with van der Waals surface area (Å²) in [5.41, 5.74) is 0. The minimum Gasteiger partial charge on any atom is -0.466 e. The average Bonchev–Trinajstić information content (AvgIpc) is 3.14. The summed E-state index contributed by atoms with van der Waals surface area (Å²) < 4.78 is 5.41. The Hall–Kier alpha value is -1.92. The van der Waals surface area contributed by atoms with Gasteiger partial charge in [-0.2, -0.15) is 0 Å². The van der Waals surface area contributed by atoms with Gasteiger partial charge in [0.2, 0.25) is 5.91 Å². The Morgan fingerprint density at radius 2 is 0.962 bits per heavy atom. The maximum atomic E-state index is 12.4. The van der Waals surface area contributed by atoms with E-state index in [2.05, 4.69) is 55.6 Å². The quantitative estimate of drug-likeness (QED) is 0.0331. The van der Waals surface area contributed by atoms with E-state index in [1.54, 1.807) is 0 Å². The van der Waals surface area contributed by atoms with E-state index >= 15 is 0 Å². The zero-order valence-corrected chi connectivity index (χ0v) is 34.3. The third kappa shape index (κ3) is 37.8. The van der Waals surface area contributed by atoms with Gasteiger partial charge in [0.1, 0.15) is 0 Å². The molecule has 2 atom stereocenters. The number of hydrogen-bond acceptors (Lipinski definition) is 5. The van der Waals surface area contributed by atoms with Gasteiger partial charge >= 0.3 is 5.97 Å². The van der Waals surface area contributed by atoms with Crippen LogP contribution in [-0.4, -0.2) is 47.4 Å². The number of nitrogens with one attached hydrogen (secondary N) is 1. The first kappa shape index (κ1) is 50.1. The van der Waals surface area contributed by atoms with Gasteiger partial charge in [0, 0.05) is 12.8 Å². The fourth-order valence-electron chi connectivity index (χ4n) is 6.42. The Labute approximate surface area is 322 Å². The molecule has 0 radical (unpaired) electrons. The van der Waals surface area contributed by atoms with Crippen molar-refractivity contribution in [1.82, 2.24) is 5.32 Å². The van der Waals surface area contributed by atoms with Crippen LogP contribution in [0.5, 0.6) is 0 Å². The van der Waals surface area contributed by atoms with Crippen LogP contribution in [0.4, 0.5) is 0 Å². The number of carbonyl (C=O) groups excluding carboxylic acids is 2. The number of allylic oxidation sites excluding steroid dienone is 6. The molecule has 0 aromatic rings. The Balaban J connectivity index is 3.55. The van der Waals surface area contributed by atoms with Crippen molar-refractivity contribution >= 4 is 11.9 Å². The van der Waals surface area contributed by atoms with Gasteiger partial charge in [-0.05, 0) is 83.5 Å². The van der Waals surface area contributed by atoms with Gasteiger partial charge in [0.15, 0.2) is 0 Å². The van der Waals surface area contributed by atoms with Gasteiger partial charge in [-0.1, -0.05) is 159 Å². The molecule has 0 aromatic heterocycles. The zero-order chi connectivity index (χ0) is 38.0. The summed E-state index contributed by atoms with van der Waals surface area (Å²) in [7, 11) is 0. The van der Waals surface area contributed by atoms with Crippen molar-refractivity contribution in [3.8, 4) is 0 Å². The van der Waals surface area contributed by atoms with E-state index in [-0.39, 0.29) is 18.5 Å². The summed E-state index contributed by atoms with van der Waals surface area (Å²) >= 11 is 0. The van der Waals surface area contributed by atoms with Crippen molar-refractivity contribution in [2.75, 3.05) is 13.2 Å². The van der Waals surface area contributed by atoms with Crippen LogP contribution in [0.15, 0.2) is 36.5 Å². The summed E-state index contributed by atoms with van der Waals surface area (Å²) in [6.45, 7) is 4.79. The Morgan fingerprint density at radius 3 is 1.52 bits per heavy atom. The number of esters is 1. The van der Waals surface area contributed by atoms with Gasteiger partial charge in [0.25, 0.3) is 0 Å². The van der Waals surface area contributed by atoms with E-state index in [0.717, 1.165) is 89.9 Å². The first-order valence-electron chi connectivity index (χ1n) is 22.2. The first-order chi connectivity index (χ1) is 25.5. The predicted octanol–water partition coefficient (Wildman–Crippen LogP) is 12.6. The maximum absolute atomic E-state index is 12.4. The standard InChI is InChI=1S/C46H85NO5/c1-3-5-7-9-11-13-15-16-17-18-19-24-28-32-36-40-46(51)52-41-37-33-29-25-21-20-23-27-31-35-39-45(50)47-43(42-48)44(49)38-34-30-26-22-14-12-10-8-6-4-2/h11,13,16-17,21,25,43-44,48-49H,3-10,12,14-15,18-20,22-24,26-42H2,1-2H3,(H,47,50)/b13-11-,17-16-,25-21-. The van der Waals surface area contributed by atoms with E-state index in [1.807, 2.05) is 0 Å². The number of hydrogen-bond donors (Lipinski definition) is 3. The van der Waals surface area contributed by atoms with Crippen LogP contribution in [-0.2, 0) is 14.3 Å². The smallest absolute Gasteiger partial charge is 0.305 e. The predicted molar refractivity (Wildman–Crippen MR) is 222 cm³/mol. The number of ether oxygens (including phenoxy) is 1. The van der Waals surface area contributed by atoms with Gasteiger partial charge in [-0.15, -0.1) is 0 Å². The number of aliphatic hydroxyl groups is 2.